The van der Waals surface area contributed by atoms with Gasteiger partial charge in [0.25, 0.3) is 0 Å². The first-order valence-electron chi connectivity index (χ1n) is 5.92. The highest BCUT2D eigenvalue weighted by Gasteiger charge is 2.29. The fourth-order valence-corrected chi connectivity index (χ4v) is 2.44. The van der Waals surface area contributed by atoms with E-state index in [2.05, 4.69) is 17.3 Å². The smallest absolute Gasteiger partial charge is 0.330 e. The number of nitrogens with one attached hydrogen (secondary N) is 1. The van der Waals surface area contributed by atoms with Gasteiger partial charge in [0, 0.05) is 13.6 Å². The lowest BCUT2D eigenvalue weighted by Gasteiger charge is -2.23. The van der Waals surface area contributed by atoms with Crippen molar-refractivity contribution in [2.24, 2.45) is 12.5 Å². The Bertz CT molecular complexity index is 421. The van der Waals surface area contributed by atoms with Crippen molar-refractivity contribution in [3.8, 4) is 0 Å². The highest BCUT2D eigenvalue weighted by atomic mass is 16.6. The second kappa shape index (κ2) is 4.35. The molecule has 6 heteroatoms. The molecule has 17 heavy (non-hydrogen) atoms. The third-order valence-corrected chi connectivity index (χ3v) is 3.50. The summed E-state index contributed by atoms with van der Waals surface area (Å²) in [7, 11) is 1.69. The normalized spacial score (nSPS) is 18.2. The zero-order valence-corrected chi connectivity index (χ0v) is 10.3. The van der Waals surface area contributed by atoms with Gasteiger partial charge in [-0.3, -0.25) is 14.8 Å². The lowest BCUT2D eigenvalue weighted by Crippen LogP contribution is -2.23. The summed E-state index contributed by atoms with van der Waals surface area (Å²) in [5.41, 5.74) is 0.305. The summed E-state index contributed by atoms with van der Waals surface area (Å²) in [6.07, 6.45) is 6.30. The topological polar surface area (TPSA) is 73.0 Å². The number of nitrogens with zero attached hydrogens (tertiary/aromatic N) is 3. The van der Waals surface area contributed by atoms with Crippen molar-refractivity contribution < 1.29 is 4.92 Å². The predicted octanol–water partition coefficient (Wildman–Crippen LogP) is 2.32. The van der Waals surface area contributed by atoms with Crippen LogP contribution in [0.2, 0.25) is 0 Å². The number of anilines is 1. The van der Waals surface area contributed by atoms with E-state index >= 15 is 0 Å². The summed E-state index contributed by atoms with van der Waals surface area (Å²) in [5.74, 6) is 0.380. The van der Waals surface area contributed by atoms with Gasteiger partial charge < -0.3 is 5.32 Å². The summed E-state index contributed by atoms with van der Waals surface area (Å²) >= 11 is 0. The van der Waals surface area contributed by atoms with Crippen LogP contribution >= 0.6 is 0 Å². The fraction of sp³-hybridized carbons (Fsp3) is 0.727. The Labute approximate surface area is 100 Å². The summed E-state index contributed by atoms with van der Waals surface area (Å²) in [6, 6.07) is 0. The summed E-state index contributed by atoms with van der Waals surface area (Å²) in [5, 5.41) is 18.0. The molecule has 1 heterocycles. The van der Waals surface area contributed by atoms with E-state index in [1.54, 1.807) is 7.05 Å². The number of aromatic nitrogens is 2. The minimum absolute atomic E-state index is 0.0501. The van der Waals surface area contributed by atoms with Gasteiger partial charge in [-0.25, -0.2) is 0 Å². The molecule has 1 aromatic rings. The van der Waals surface area contributed by atoms with Crippen LogP contribution in [-0.4, -0.2) is 21.2 Å². The first kappa shape index (κ1) is 11.9. The average Bonchev–Trinajstić information content (AvgIpc) is 2.83. The number of hydrogen-bond acceptors (Lipinski definition) is 4. The molecule has 1 fully saturated rings. The Morgan fingerprint density at radius 1 is 1.59 bits per heavy atom. The van der Waals surface area contributed by atoms with Crippen molar-refractivity contribution in [3.63, 3.8) is 0 Å². The van der Waals surface area contributed by atoms with E-state index in [0.29, 0.717) is 5.82 Å². The molecule has 0 atom stereocenters. The molecular weight excluding hydrogens is 220 g/mol. The largest absolute Gasteiger partial charge is 0.362 e. The van der Waals surface area contributed by atoms with Gasteiger partial charge in [-0.2, -0.15) is 0 Å². The van der Waals surface area contributed by atoms with Crippen LogP contribution < -0.4 is 5.32 Å². The van der Waals surface area contributed by atoms with Gasteiger partial charge in [0.15, 0.2) is 0 Å². The van der Waals surface area contributed by atoms with E-state index < -0.39 is 4.92 Å². The van der Waals surface area contributed by atoms with E-state index in [4.69, 9.17) is 0 Å². The molecule has 1 aromatic heterocycles. The van der Waals surface area contributed by atoms with Crippen LogP contribution in [0.15, 0.2) is 6.20 Å². The van der Waals surface area contributed by atoms with Crippen molar-refractivity contribution in [2.75, 3.05) is 11.9 Å². The molecule has 0 unspecified atom stereocenters. The van der Waals surface area contributed by atoms with Crippen LogP contribution in [0.5, 0.6) is 0 Å². The molecule has 1 saturated carbocycles. The highest BCUT2D eigenvalue weighted by Crippen LogP contribution is 2.37. The van der Waals surface area contributed by atoms with Crippen LogP contribution in [0.1, 0.15) is 32.6 Å². The number of hydrogen-bond donors (Lipinski definition) is 1. The van der Waals surface area contributed by atoms with Crippen LogP contribution in [0.4, 0.5) is 11.5 Å². The average molecular weight is 238 g/mol. The van der Waals surface area contributed by atoms with Crippen molar-refractivity contribution in [1.82, 2.24) is 9.78 Å². The van der Waals surface area contributed by atoms with E-state index in [-0.39, 0.29) is 11.1 Å². The molecule has 0 spiro atoms. The van der Waals surface area contributed by atoms with Gasteiger partial charge in [0.05, 0.1) is 4.92 Å². The maximum atomic E-state index is 10.8. The van der Waals surface area contributed by atoms with E-state index in [1.165, 1.54) is 36.6 Å². The molecule has 2 rings (SSSR count). The zero-order valence-electron chi connectivity index (χ0n) is 10.3. The standard InChI is InChI=1S/C11H18N4O2/c1-11(5-3-4-6-11)8-12-10-9(15(16)17)7-14(2)13-10/h7H,3-6,8H2,1-2H3,(H,12,13). The molecule has 94 valence electrons. The maximum Gasteiger partial charge on any atom is 0.330 e. The van der Waals surface area contributed by atoms with E-state index in [0.717, 1.165) is 6.54 Å². The molecular formula is C11H18N4O2. The second-order valence-corrected chi connectivity index (χ2v) is 5.17. The molecule has 1 N–H and O–H groups in total. The Hall–Kier alpha value is -1.59. The lowest BCUT2D eigenvalue weighted by atomic mass is 9.89. The second-order valence-electron chi connectivity index (χ2n) is 5.17. The summed E-state index contributed by atoms with van der Waals surface area (Å²) in [6.45, 7) is 2.98. The van der Waals surface area contributed by atoms with Crippen molar-refractivity contribution >= 4 is 11.5 Å². The molecule has 6 nitrogen and oxygen atoms in total. The maximum absolute atomic E-state index is 10.8. The van der Waals surface area contributed by atoms with Gasteiger partial charge in [-0.15, -0.1) is 5.10 Å². The van der Waals surface area contributed by atoms with Gasteiger partial charge in [0.2, 0.25) is 5.82 Å². The number of aryl methyl sites for hydroxylation is 1. The minimum Gasteiger partial charge on any atom is -0.362 e. The van der Waals surface area contributed by atoms with Gasteiger partial charge >= 0.3 is 5.69 Å². The monoisotopic (exact) mass is 238 g/mol. The van der Waals surface area contributed by atoms with Gasteiger partial charge in [-0.1, -0.05) is 19.8 Å². The minimum atomic E-state index is -0.397. The molecule has 1 aliphatic rings. The molecule has 0 aliphatic heterocycles. The molecule has 0 bridgehead atoms. The fourth-order valence-electron chi connectivity index (χ4n) is 2.44. The predicted molar refractivity (Wildman–Crippen MR) is 64.9 cm³/mol. The van der Waals surface area contributed by atoms with Crippen LogP contribution in [0, 0.1) is 15.5 Å². The van der Waals surface area contributed by atoms with Crippen molar-refractivity contribution in [3.05, 3.63) is 16.3 Å². The third-order valence-electron chi connectivity index (χ3n) is 3.50. The first-order chi connectivity index (χ1) is 8.00. The Balaban J connectivity index is 2.05. The van der Waals surface area contributed by atoms with Gasteiger partial charge in [-0.05, 0) is 18.3 Å². The number of nitro groups is 1. The van der Waals surface area contributed by atoms with Crippen LogP contribution in [-0.2, 0) is 7.05 Å². The SMILES string of the molecule is Cn1cc([N+](=O)[O-])c(NCC2(C)CCCC2)n1. The molecule has 0 radical (unpaired) electrons. The Kier molecular flexibility index (Phi) is 3.04. The molecule has 0 amide bonds. The number of rotatable bonds is 4. The van der Waals surface area contributed by atoms with Crippen LogP contribution in [0.3, 0.4) is 0 Å². The first-order valence-corrected chi connectivity index (χ1v) is 5.92. The van der Waals surface area contributed by atoms with Crippen molar-refractivity contribution in [2.45, 2.75) is 32.6 Å². The Morgan fingerprint density at radius 3 is 2.82 bits per heavy atom. The molecule has 0 aromatic carbocycles. The summed E-state index contributed by atoms with van der Waals surface area (Å²) in [4.78, 5) is 10.4. The molecule has 1 aliphatic carbocycles. The lowest BCUT2D eigenvalue weighted by molar-refractivity contribution is -0.384. The van der Waals surface area contributed by atoms with Crippen molar-refractivity contribution in [1.29, 1.82) is 0 Å². The Morgan fingerprint density at radius 2 is 2.24 bits per heavy atom. The zero-order chi connectivity index (χ0) is 12.5. The van der Waals surface area contributed by atoms with Gasteiger partial charge in [0.1, 0.15) is 6.20 Å². The third kappa shape index (κ3) is 2.57. The highest BCUT2D eigenvalue weighted by molar-refractivity contribution is 5.54. The van der Waals surface area contributed by atoms with E-state index in [1.807, 2.05) is 0 Å². The quantitative estimate of drug-likeness (QED) is 0.645. The molecule has 0 saturated heterocycles. The summed E-state index contributed by atoms with van der Waals surface area (Å²) < 4.78 is 1.47. The van der Waals surface area contributed by atoms with E-state index in [9.17, 15) is 10.1 Å². The van der Waals surface area contributed by atoms with Crippen LogP contribution in [0.25, 0.3) is 0 Å².